The predicted molar refractivity (Wildman–Crippen MR) is 119 cm³/mol. The summed E-state index contributed by atoms with van der Waals surface area (Å²) in [5.74, 6) is -1.23. The van der Waals surface area contributed by atoms with E-state index in [1.54, 1.807) is 42.5 Å². The van der Waals surface area contributed by atoms with Gasteiger partial charge in [0.1, 0.15) is 0 Å². The van der Waals surface area contributed by atoms with E-state index >= 15 is 0 Å². The molecule has 3 N–H and O–H groups in total. The van der Waals surface area contributed by atoms with Gasteiger partial charge >= 0.3 is 5.97 Å². The third kappa shape index (κ3) is 6.34. The summed E-state index contributed by atoms with van der Waals surface area (Å²) in [5.41, 5.74) is 1.53. The summed E-state index contributed by atoms with van der Waals surface area (Å²) in [4.78, 5) is 36.4. The molecule has 1 heterocycles. The molecule has 1 aliphatic heterocycles. The number of nitrogens with one attached hydrogen (secondary N) is 3. The van der Waals surface area contributed by atoms with Gasteiger partial charge in [0.15, 0.2) is 5.11 Å². The van der Waals surface area contributed by atoms with Gasteiger partial charge in [0, 0.05) is 30.0 Å². The molecule has 2 amide bonds. The molecule has 1 aliphatic rings. The molecule has 1 atom stereocenters. The number of anilines is 1. The molecule has 0 spiro atoms. The number of rotatable bonds is 6. The number of ether oxygens (including phenoxy) is 2. The molecule has 162 valence electrons. The average molecular weight is 442 g/mol. The Bertz CT molecular complexity index is 989. The molecular weight excluding hydrogens is 418 g/mol. The minimum Gasteiger partial charge on any atom is -0.465 e. The van der Waals surface area contributed by atoms with Crippen LogP contribution in [0.2, 0.25) is 0 Å². The molecule has 1 unspecified atom stereocenters. The SMILES string of the molecule is COC(=O)c1cccc(C(=O)NC(=S)Nc2cccc(C(=O)NCC3CCCO3)c2)c1. The smallest absolute Gasteiger partial charge is 0.337 e. The first-order valence-corrected chi connectivity index (χ1v) is 10.2. The van der Waals surface area contributed by atoms with Gasteiger partial charge in [-0.05, 0) is 61.5 Å². The van der Waals surface area contributed by atoms with E-state index in [-0.39, 0.29) is 28.3 Å². The number of thiocarbonyl (C=S) groups is 1. The van der Waals surface area contributed by atoms with Crippen LogP contribution in [0.25, 0.3) is 0 Å². The van der Waals surface area contributed by atoms with Crippen LogP contribution in [0.5, 0.6) is 0 Å². The Kier molecular flexibility index (Phi) is 7.69. The Labute approximate surface area is 185 Å². The predicted octanol–water partition coefficient (Wildman–Crippen LogP) is 2.51. The monoisotopic (exact) mass is 441 g/mol. The van der Waals surface area contributed by atoms with Crippen molar-refractivity contribution in [3.8, 4) is 0 Å². The second-order valence-corrected chi connectivity index (χ2v) is 7.31. The lowest BCUT2D eigenvalue weighted by atomic mass is 10.1. The number of hydrogen-bond acceptors (Lipinski definition) is 6. The number of carbonyl (C=O) groups excluding carboxylic acids is 3. The quantitative estimate of drug-likeness (QED) is 0.467. The summed E-state index contributed by atoms with van der Waals surface area (Å²) in [6.45, 7) is 1.20. The van der Waals surface area contributed by atoms with E-state index in [1.807, 2.05) is 0 Å². The van der Waals surface area contributed by atoms with Gasteiger partial charge in [-0.2, -0.15) is 0 Å². The van der Waals surface area contributed by atoms with Gasteiger partial charge in [-0.1, -0.05) is 12.1 Å². The number of hydrogen-bond donors (Lipinski definition) is 3. The summed E-state index contributed by atoms with van der Waals surface area (Å²) in [7, 11) is 1.27. The first-order chi connectivity index (χ1) is 15.0. The zero-order chi connectivity index (χ0) is 22.2. The van der Waals surface area contributed by atoms with Crippen molar-refractivity contribution in [1.29, 1.82) is 0 Å². The van der Waals surface area contributed by atoms with Crippen LogP contribution < -0.4 is 16.0 Å². The fraction of sp³-hybridized carbons (Fsp3) is 0.273. The van der Waals surface area contributed by atoms with Crippen LogP contribution in [-0.4, -0.2) is 49.3 Å². The van der Waals surface area contributed by atoms with Gasteiger partial charge in [0.25, 0.3) is 11.8 Å². The fourth-order valence-electron chi connectivity index (χ4n) is 3.09. The van der Waals surface area contributed by atoms with Crippen LogP contribution in [0, 0.1) is 0 Å². The van der Waals surface area contributed by atoms with Gasteiger partial charge in [-0.25, -0.2) is 4.79 Å². The molecule has 2 aromatic rings. The molecule has 8 nitrogen and oxygen atoms in total. The molecule has 0 bridgehead atoms. The molecule has 9 heteroatoms. The minimum absolute atomic E-state index is 0.0605. The van der Waals surface area contributed by atoms with Gasteiger partial charge in [-0.15, -0.1) is 0 Å². The lowest BCUT2D eigenvalue weighted by molar-refractivity contribution is 0.0600. The van der Waals surface area contributed by atoms with Crippen LogP contribution in [0.15, 0.2) is 48.5 Å². The molecule has 1 saturated heterocycles. The van der Waals surface area contributed by atoms with E-state index in [0.717, 1.165) is 19.4 Å². The van der Waals surface area contributed by atoms with E-state index < -0.39 is 11.9 Å². The highest BCUT2D eigenvalue weighted by molar-refractivity contribution is 7.80. The summed E-state index contributed by atoms with van der Waals surface area (Å²) in [6.07, 6.45) is 2.01. The van der Waals surface area contributed by atoms with Crippen molar-refractivity contribution < 1.29 is 23.9 Å². The van der Waals surface area contributed by atoms with Crippen LogP contribution in [-0.2, 0) is 9.47 Å². The van der Waals surface area contributed by atoms with E-state index in [4.69, 9.17) is 17.0 Å². The summed E-state index contributed by atoms with van der Waals surface area (Å²) < 4.78 is 10.2. The Hall–Kier alpha value is -3.30. The summed E-state index contributed by atoms with van der Waals surface area (Å²) in [6, 6.07) is 12.9. The maximum atomic E-state index is 12.4. The fourth-order valence-corrected chi connectivity index (χ4v) is 3.31. The molecule has 2 aromatic carbocycles. The van der Waals surface area contributed by atoms with E-state index in [9.17, 15) is 14.4 Å². The highest BCUT2D eigenvalue weighted by atomic mass is 32.1. The Morgan fingerprint density at radius 3 is 2.48 bits per heavy atom. The van der Waals surface area contributed by atoms with Gasteiger partial charge in [0.05, 0.1) is 18.8 Å². The molecule has 31 heavy (non-hydrogen) atoms. The highest BCUT2D eigenvalue weighted by Crippen LogP contribution is 2.13. The highest BCUT2D eigenvalue weighted by Gasteiger charge is 2.17. The molecule has 0 aromatic heterocycles. The third-order valence-corrected chi connectivity index (χ3v) is 4.87. The third-order valence-electron chi connectivity index (χ3n) is 4.67. The lowest BCUT2D eigenvalue weighted by Crippen LogP contribution is -2.34. The molecular formula is C22H23N3O5S. The maximum Gasteiger partial charge on any atom is 0.337 e. The zero-order valence-corrected chi connectivity index (χ0v) is 17.8. The second kappa shape index (κ2) is 10.6. The van der Waals surface area contributed by atoms with Crippen molar-refractivity contribution in [1.82, 2.24) is 10.6 Å². The number of carbonyl (C=O) groups is 3. The van der Waals surface area contributed by atoms with Crippen LogP contribution in [0.3, 0.4) is 0 Å². The zero-order valence-electron chi connectivity index (χ0n) is 17.0. The van der Waals surface area contributed by atoms with Crippen molar-refractivity contribution in [3.63, 3.8) is 0 Å². The van der Waals surface area contributed by atoms with Crippen molar-refractivity contribution in [2.75, 3.05) is 25.6 Å². The van der Waals surface area contributed by atoms with Crippen LogP contribution >= 0.6 is 12.2 Å². The van der Waals surface area contributed by atoms with Crippen molar-refractivity contribution in [2.45, 2.75) is 18.9 Å². The van der Waals surface area contributed by atoms with Gasteiger partial charge < -0.3 is 20.1 Å². The first-order valence-electron chi connectivity index (χ1n) is 9.77. The van der Waals surface area contributed by atoms with Crippen molar-refractivity contribution in [3.05, 3.63) is 65.2 Å². The van der Waals surface area contributed by atoms with Crippen molar-refractivity contribution >= 4 is 40.8 Å². The van der Waals surface area contributed by atoms with Crippen LogP contribution in [0.4, 0.5) is 5.69 Å². The molecule has 0 saturated carbocycles. The van der Waals surface area contributed by atoms with Crippen molar-refractivity contribution in [2.24, 2.45) is 0 Å². The van der Waals surface area contributed by atoms with Gasteiger partial charge in [-0.3, -0.25) is 14.9 Å². The van der Waals surface area contributed by atoms with Gasteiger partial charge in [0.2, 0.25) is 0 Å². The van der Waals surface area contributed by atoms with E-state index in [1.165, 1.54) is 13.2 Å². The maximum absolute atomic E-state index is 12.4. The standard InChI is InChI=1S/C22H23N3O5S/c1-29-21(28)16-7-2-5-14(11-16)20(27)25-22(31)24-17-8-3-6-15(12-17)19(26)23-13-18-9-4-10-30-18/h2-3,5-8,11-12,18H,4,9-10,13H2,1H3,(H,23,26)(H2,24,25,27,31). The summed E-state index contributed by atoms with van der Waals surface area (Å²) in [5, 5.41) is 8.36. The van der Waals surface area contributed by atoms with E-state index in [2.05, 4.69) is 20.7 Å². The largest absolute Gasteiger partial charge is 0.465 e. The number of esters is 1. The normalized spacial score (nSPS) is 15.1. The lowest BCUT2D eigenvalue weighted by Gasteiger charge is -2.13. The minimum atomic E-state index is -0.537. The van der Waals surface area contributed by atoms with E-state index in [0.29, 0.717) is 17.8 Å². The van der Waals surface area contributed by atoms with Crippen LogP contribution in [0.1, 0.15) is 43.9 Å². The Morgan fingerprint density at radius 2 is 1.77 bits per heavy atom. The molecule has 1 fully saturated rings. The second-order valence-electron chi connectivity index (χ2n) is 6.91. The number of methoxy groups -OCH3 is 1. The first kappa shape index (κ1) is 22.4. The number of amides is 2. The Morgan fingerprint density at radius 1 is 1.06 bits per heavy atom. The average Bonchev–Trinajstić information content (AvgIpc) is 3.30. The topological polar surface area (TPSA) is 106 Å². The Balaban J connectivity index is 1.56. The molecule has 0 aliphatic carbocycles. The molecule has 0 radical (unpaired) electrons. The number of benzene rings is 2. The molecule has 3 rings (SSSR count). The summed E-state index contributed by atoms with van der Waals surface area (Å²) >= 11 is 5.20.